The van der Waals surface area contributed by atoms with E-state index in [0.717, 1.165) is 36.3 Å². The summed E-state index contributed by atoms with van der Waals surface area (Å²) in [6.07, 6.45) is 11.2. The number of aromatic nitrogens is 3. The van der Waals surface area contributed by atoms with Crippen molar-refractivity contribution >= 4 is 23.2 Å². The predicted molar refractivity (Wildman–Crippen MR) is 131 cm³/mol. The van der Waals surface area contributed by atoms with Crippen molar-refractivity contribution < 1.29 is 4.42 Å². The number of hydrogen-bond donors (Lipinski definition) is 0. The van der Waals surface area contributed by atoms with Gasteiger partial charge in [-0.2, -0.15) is 5.10 Å². The molecule has 1 atom stereocenters. The predicted octanol–water partition coefficient (Wildman–Crippen LogP) is 5.03. The van der Waals surface area contributed by atoms with Gasteiger partial charge in [0.1, 0.15) is 5.69 Å². The number of furan rings is 1. The van der Waals surface area contributed by atoms with E-state index in [4.69, 9.17) is 14.5 Å². The molecular weight excluding hydrogens is 434 g/mol. The third-order valence-electron chi connectivity index (χ3n) is 5.89. The van der Waals surface area contributed by atoms with Crippen LogP contribution in [0.5, 0.6) is 0 Å². The lowest BCUT2D eigenvalue weighted by atomic mass is 9.96. The second-order valence-electron chi connectivity index (χ2n) is 8.02. The molecule has 0 aliphatic heterocycles. The fourth-order valence-corrected chi connectivity index (χ4v) is 4.80. The standard InChI is InChI=1S/C25H25N5O2S/c1-18-23(24(31)30(28(18)2)20-12-7-4-8-13-20)27-25-29(26-16-19-10-5-3-6-11-19)21(17-33-25)22-14-9-15-32-22/h3-5,7-9,12-17,19H,6,10-11H2,1-2H3. The first-order valence-electron chi connectivity index (χ1n) is 11.0. The number of benzene rings is 1. The maximum Gasteiger partial charge on any atom is 0.297 e. The molecule has 0 amide bonds. The van der Waals surface area contributed by atoms with Gasteiger partial charge in [0.05, 0.1) is 17.6 Å². The number of allylic oxidation sites excluding steroid dienone is 2. The van der Waals surface area contributed by atoms with Crippen molar-refractivity contribution in [3.8, 4) is 17.1 Å². The molecule has 1 unspecified atom stereocenters. The second-order valence-corrected chi connectivity index (χ2v) is 8.86. The summed E-state index contributed by atoms with van der Waals surface area (Å²) in [5.74, 6) is 1.09. The molecule has 5 rings (SSSR count). The lowest BCUT2D eigenvalue weighted by molar-refractivity contribution is 0.574. The van der Waals surface area contributed by atoms with Gasteiger partial charge in [-0.15, -0.1) is 11.3 Å². The van der Waals surface area contributed by atoms with Crippen LogP contribution in [0.1, 0.15) is 25.0 Å². The molecule has 8 heteroatoms. The third-order valence-corrected chi connectivity index (χ3v) is 6.71. The SMILES string of the molecule is Cc1c(N=c2scc(-c3ccco3)n2N=CC2CC=CCC2)c(=O)n(-c2ccccc2)n1C. The second kappa shape index (κ2) is 9.07. The maximum absolute atomic E-state index is 13.3. The Morgan fingerprint density at radius 1 is 1.15 bits per heavy atom. The maximum atomic E-state index is 13.3. The molecule has 33 heavy (non-hydrogen) atoms. The van der Waals surface area contributed by atoms with E-state index in [0.29, 0.717) is 22.2 Å². The van der Waals surface area contributed by atoms with Crippen LogP contribution in [0.3, 0.4) is 0 Å². The normalized spacial score (nSPS) is 16.8. The van der Waals surface area contributed by atoms with Crippen molar-refractivity contribution in [1.82, 2.24) is 14.0 Å². The Labute approximate surface area is 195 Å². The fourth-order valence-electron chi connectivity index (χ4n) is 3.98. The lowest BCUT2D eigenvalue weighted by Gasteiger charge is -2.12. The molecule has 1 aliphatic carbocycles. The average Bonchev–Trinajstić information content (AvgIpc) is 3.56. The van der Waals surface area contributed by atoms with Crippen molar-refractivity contribution in [2.75, 3.05) is 0 Å². The van der Waals surface area contributed by atoms with Crippen molar-refractivity contribution in [1.29, 1.82) is 0 Å². The van der Waals surface area contributed by atoms with Gasteiger partial charge < -0.3 is 4.42 Å². The zero-order chi connectivity index (χ0) is 22.8. The highest BCUT2D eigenvalue weighted by atomic mass is 32.1. The molecule has 0 N–H and O–H groups in total. The number of rotatable bonds is 5. The number of hydrogen-bond acceptors (Lipinski definition) is 5. The summed E-state index contributed by atoms with van der Waals surface area (Å²) >= 11 is 1.44. The highest BCUT2D eigenvalue weighted by molar-refractivity contribution is 7.07. The molecule has 3 aromatic heterocycles. The highest BCUT2D eigenvalue weighted by Crippen LogP contribution is 2.23. The molecule has 1 aliphatic rings. The summed E-state index contributed by atoms with van der Waals surface area (Å²) in [5.41, 5.74) is 2.63. The van der Waals surface area contributed by atoms with Gasteiger partial charge in [-0.1, -0.05) is 30.4 Å². The monoisotopic (exact) mass is 459 g/mol. The lowest BCUT2D eigenvalue weighted by Crippen LogP contribution is -2.20. The molecule has 4 aromatic rings. The van der Waals surface area contributed by atoms with E-state index in [1.54, 1.807) is 15.6 Å². The average molecular weight is 460 g/mol. The summed E-state index contributed by atoms with van der Waals surface area (Å²) in [6.45, 7) is 1.91. The van der Waals surface area contributed by atoms with Crippen molar-refractivity contribution in [3.63, 3.8) is 0 Å². The minimum atomic E-state index is -0.165. The van der Waals surface area contributed by atoms with E-state index in [1.165, 1.54) is 11.3 Å². The van der Waals surface area contributed by atoms with Crippen LogP contribution in [-0.2, 0) is 7.05 Å². The molecule has 1 aromatic carbocycles. The number of para-hydroxylation sites is 1. The number of thiazole rings is 1. The van der Waals surface area contributed by atoms with Crippen LogP contribution in [0.15, 0.2) is 85.6 Å². The molecule has 0 spiro atoms. The van der Waals surface area contributed by atoms with Gasteiger partial charge in [0.15, 0.2) is 11.4 Å². The Kier molecular flexibility index (Phi) is 5.83. The van der Waals surface area contributed by atoms with Crippen LogP contribution in [0.4, 0.5) is 5.69 Å². The molecule has 0 bridgehead atoms. The Hall–Kier alpha value is -3.65. The molecule has 7 nitrogen and oxygen atoms in total. The molecular formula is C25H25N5O2S. The first kappa shape index (κ1) is 21.2. The van der Waals surface area contributed by atoms with Crippen molar-refractivity contribution in [3.05, 3.63) is 87.1 Å². The van der Waals surface area contributed by atoms with Crippen molar-refractivity contribution in [2.24, 2.45) is 23.1 Å². The molecule has 168 valence electrons. The van der Waals surface area contributed by atoms with E-state index >= 15 is 0 Å². The minimum absolute atomic E-state index is 0.165. The van der Waals surface area contributed by atoms with Crippen LogP contribution in [-0.4, -0.2) is 20.3 Å². The Bertz CT molecular complexity index is 1430. The van der Waals surface area contributed by atoms with Gasteiger partial charge in [0, 0.05) is 18.6 Å². The van der Waals surface area contributed by atoms with Gasteiger partial charge >= 0.3 is 0 Å². The molecule has 3 heterocycles. The third kappa shape index (κ3) is 4.09. The van der Waals surface area contributed by atoms with Gasteiger partial charge in [-0.05, 0) is 56.4 Å². The van der Waals surface area contributed by atoms with E-state index in [2.05, 4.69) is 12.2 Å². The van der Waals surface area contributed by atoms with Crippen LogP contribution in [0.25, 0.3) is 17.1 Å². The van der Waals surface area contributed by atoms with Crippen LogP contribution < -0.4 is 10.4 Å². The van der Waals surface area contributed by atoms with E-state index in [-0.39, 0.29) is 5.56 Å². The summed E-state index contributed by atoms with van der Waals surface area (Å²) in [7, 11) is 1.87. The Morgan fingerprint density at radius 2 is 2.00 bits per heavy atom. The topological polar surface area (TPSA) is 69.7 Å². The van der Waals surface area contributed by atoms with E-state index in [9.17, 15) is 4.79 Å². The molecule has 0 saturated carbocycles. The zero-order valence-electron chi connectivity index (χ0n) is 18.6. The van der Waals surface area contributed by atoms with Crippen LogP contribution >= 0.6 is 11.3 Å². The highest BCUT2D eigenvalue weighted by Gasteiger charge is 2.17. The van der Waals surface area contributed by atoms with Gasteiger partial charge in [-0.3, -0.25) is 9.48 Å². The smallest absolute Gasteiger partial charge is 0.297 e. The Balaban J connectivity index is 1.64. The molecule has 0 saturated heterocycles. The summed E-state index contributed by atoms with van der Waals surface area (Å²) in [5, 5.41) is 6.75. The molecule has 0 fully saturated rings. The van der Waals surface area contributed by atoms with Gasteiger partial charge in [0.25, 0.3) is 5.56 Å². The minimum Gasteiger partial charge on any atom is -0.463 e. The Morgan fingerprint density at radius 3 is 2.73 bits per heavy atom. The van der Waals surface area contributed by atoms with Crippen molar-refractivity contribution in [2.45, 2.75) is 26.2 Å². The summed E-state index contributed by atoms with van der Waals surface area (Å²) in [4.78, 5) is 18.8. The summed E-state index contributed by atoms with van der Waals surface area (Å²) < 4.78 is 10.9. The number of nitrogens with zero attached hydrogens (tertiary/aromatic N) is 5. The first-order chi connectivity index (χ1) is 16.1. The van der Waals surface area contributed by atoms with Gasteiger partial charge in [-0.25, -0.2) is 14.4 Å². The summed E-state index contributed by atoms with van der Waals surface area (Å²) in [6, 6.07) is 13.3. The van der Waals surface area contributed by atoms with E-state index in [1.807, 2.05) is 72.7 Å². The first-order valence-corrected chi connectivity index (χ1v) is 11.8. The van der Waals surface area contributed by atoms with Crippen LogP contribution in [0, 0.1) is 12.8 Å². The zero-order valence-corrected chi connectivity index (χ0v) is 19.4. The largest absolute Gasteiger partial charge is 0.463 e. The molecule has 0 radical (unpaired) electrons. The van der Waals surface area contributed by atoms with E-state index < -0.39 is 0 Å². The quantitative estimate of drug-likeness (QED) is 0.310. The fraction of sp³-hybridized carbons (Fsp3) is 0.240. The van der Waals surface area contributed by atoms with Gasteiger partial charge in [0.2, 0.25) is 4.80 Å². The van der Waals surface area contributed by atoms with Crippen LogP contribution in [0.2, 0.25) is 0 Å².